The lowest BCUT2D eigenvalue weighted by atomic mass is 10.1. The summed E-state index contributed by atoms with van der Waals surface area (Å²) in [5.74, 6) is 0.787. The molecule has 0 aliphatic heterocycles. The smallest absolute Gasteiger partial charge is 0.137 e. The SMILES string of the molecule is CN(c1ncncc1CO)C(C)(C)C. The fourth-order valence-electron chi connectivity index (χ4n) is 1.08. The van der Waals surface area contributed by atoms with Gasteiger partial charge in [0.15, 0.2) is 0 Å². The molecule has 0 aliphatic rings. The first kappa shape index (κ1) is 10.9. The van der Waals surface area contributed by atoms with Gasteiger partial charge in [0.05, 0.1) is 6.61 Å². The van der Waals surface area contributed by atoms with Crippen LogP contribution in [0.25, 0.3) is 0 Å². The highest BCUT2D eigenvalue weighted by molar-refractivity contribution is 5.46. The predicted octanol–water partition coefficient (Wildman–Crippen LogP) is 1.20. The Morgan fingerprint density at radius 3 is 2.57 bits per heavy atom. The van der Waals surface area contributed by atoms with E-state index in [1.54, 1.807) is 6.20 Å². The van der Waals surface area contributed by atoms with E-state index in [1.807, 2.05) is 11.9 Å². The fraction of sp³-hybridized carbons (Fsp3) is 0.600. The van der Waals surface area contributed by atoms with E-state index in [9.17, 15) is 0 Å². The third-order valence-corrected chi connectivity index (χ3v) is 2.26. The number of aliphatic hydroxyl groups is 1. The Morgan fingerprint density at radius 2 is 2.07 bits per heavy atom. The van der Waals surface area contributed by atoms with Gasteiger partial charge in [-0.25, -0.2) is 9.97 Å². The molecule has 1 N–H and O–H groups in total. The zero-order valence-electron chi connectivity index (χ0n) is 9.15. The molecular formula is C10H17N3O. The molecule has 0 saturated carbocycles. The van der Waals surface area contributed by atoms with E-state index in [-0.39, 0.29) is 12.1 Å². The van der Waals surface area contributed by atoms with E-state index >= 15 is 0 Å². The summed E-state index contributed by atoms with van der Waals surface area (Å²) < 4.78 is 0. The summed E-state index contributed by atoms with van der Waals surface area (Å²) in [4.78, 5) is 10.1. The molecule has 1 rings (SSSR count). The first-order chi connectivity index (χ1) is 6.46. The lowest BCUT2D eigenvalue weighted by Gasteiger charge is -2.33. The Bertz CT molecular complexity index is 306. The predicted molar refractivity (Wildman–Crippen MR) is 56.1 cm³/mol. The summed E-state index contributed by atoms with van der Waals surface area (Å²) in [5, 5.41) is 9.13. The Kier molecular flexibility index (Phi) is 3.06. The Labute approximate surface area is 84.6 Å². The number of aromatic nitrogens is 2. The van der Waals surface area contributed by atoms with Gasteiger partial charge in [0, 0.05) is 24.3 Å². The molecule has 0 amide bonds. The highest BCUT2D eigenvalue weighted by Crippen LogP contribution is 2.22. The minimum atomic E-state index is -0.0312. The topological polar surface area (TPSA) is 49.2 Å². The fourth-order valence-corrected chi connectivity index (χ4v) is 1.08. The van der Waals surface area contributed by atoms with Gasteiger partial charge in [0.1, 0.15) is 12.1 Å². The van der Waals surface area contributed by atoms with Crippen LogP contribution in [0, 0.1) is 0 Å². The van der Waals surface area contributed by atoms with E-state index in [4.69, 9.17) is 5.11 Å². The molecule has 0 spiro atoms. The van der Waals surface area contributed by atoms with Crippen LogP contribution >= 0.6 is 0 Å². The van der Waals surface area contributed by atoms with Gasteiger partial charge in [0.2, 0.25) is 0 Å². The Hall–Kier alpha value is -1.16. The largest absolute Gasteiger partial charge is 0.391 e. The molecule has 0 aromatic carbocycles. The van der Waals surface area contributed by atoms with Crippen molar-refractivity contribution in [3.8, 4) is 0 Å². The Morgan fingerprint density at radius 1 is 1.43 bits per heavy atom. The molecule has 1 aromatic heterocycles. The maximum absolute atomic E-state index is 9.13. The molecule has 4 heteroatoms. The van der Waals surface area contributed by atoms with Gasteiger partial charge in [-0.3, -0.25) is 0 Å². The minimum Gasteiger partial charge on any atom is -0.391 e. The van der Waals surface area contributed by atoms with Crippen molar-refractivity contribution in [1.82, 2.24) is 9.97 Å². The van der Waals surface area contributed by atoms with Gasteiger partial charge < -0.3 is 10.0 Å². The number of rotatable bonds is 2. The van der Waals surface area contributed by atoms with Crippen LogP contribution in [0.4, 0.5) is 5.82 Å². The van der Waals surface area contributed by atoms with Crippen LogP contribution in [0.3, 0.4) is 0 Å². The second-order valence-electron chi connectivity index (χ2n) is 4.26. The number of hydrogen-bond donors (Lipinski definition) is 1. The van der Waals surface area contributed by atoms with Gasteiger partial charge in [-0.1, -0.05) is 0 Å². The maximum Gasteiger partial charge on any atom is 0.137 e. The van der Waals surface area contributed by atoms with Crippen molar-refractivity contribution >= 4 is 5.82 Å². The molecule has 0 radical (unpaired) electrons. The zero-order valence-corrected chi connectivity index (χ0v) is 9.15. The van der Waals surface area contributed by atoms with Crippen molar-refractivity contribution in [1.29, 1.82) is 0 Å². The summed E-state index contributed by atoms with van der Waals surface area (Å²) in [6.07, 6.45) is 3.14. The number of nitrogens with zero attached hydrogens (tertiary/aromatic N) is 3. The van der Waals surface area contributed by atoms with E-state index in [1.165, 1.54) is 6.33 Å². The summed E-state index contributed by atoms with van der Waals surface area (Å²) in [6.45, 7) is 6.25. The van der Waals surface area contributed by atoms with Crippen molar-refractivity contribution in [3.63, 3.8) is 0 Å². The van der Waals surface area contributed by atoms with Crippen LogP contribution in [-0.2, 0) is 6.61 Å². The van der Waals surface area contributed by atoms with Crippen LogP contribution in [0.2, 0.25) is 0 Å². The Balaban J connectivity index is 3.06. The first-order valence-electron chi connectivity index (χ1n) is 4.60. The molecule has 78 valence electrons. The van der Waals surface area contributed by atoms with Crippen LogP contribution in [0.15, 0.2) is 12.5 Å². The van der Waals surface area contributed by atoms with Crippen molar-refractivity contribution in [3.05, 3.63) is 18.1 Å². The standard InChI is InChI=1S/C10H17N3O/c1-10(2,3)13(4)9-8(6-14)5-11-7-12-9/h5,7,14H,6H2,1-4H3. The number of aliphatic hydroxyl groups excluding tert-OH is 1. The summed E-state index contributed by atoms with van der Waals surface area (Å²) in [5.41, 5.74) is 0.739. The third kappa shape index (κ3) is 2.20. The van der Waals surface area contributed by atoms with E-state index in [2.05, 4.69) is 30.7 Å². The molecule has 1 aromatic rings. The van der Waals surface area contributed by atoms with Crippen LogP contribution < -0.4 is 4.90 Å². The number of anilines is 1. The van der Waals surface area contributed by atoms with E-state index < -0.39 is 0 Å². The second-order valence-corrected chi connectivity index (χ2v) is 4.26. The van der Waals surface area contributed by atoms with Crippen molar-refractivity contribution in [2.24, 2.45) is 0 Å². The van der Waals surface area contributed by atoms with Crippen molar-refractivity contribution in [2.75, 3.05) is 11.9 Å². The molecule has 0 atom stereocenters. The molecular weight excluding hydrogens is 178 g/mol. The first-order valence-corrected chi connectivity index (χ1v) is 4.60. The molecule has 14 heavy (non-hydrogen) atoms. The highest BCUT2D eigenvalue weighted by Gasteiger charge is 2.20. The highest BCUT2D eigenvalue weighted by atomic mass is 16.3. The van der Waals surface area contributed by atoms with Crippen LogP contribution in [0.1, 0.15) is 26.3 Å². The molecule has 0 saturated heterocycles. The molecule has 0 bridgehead atoms. The second kappa shape index (κ2) is 3.92. The molecule has 4 nitrogen and oxygen atoms in total. The van der Waals surface area contributed by atoms with Gasteiger partial charge >= 0.3 is 0 Å². The normalized spacial score (nSPS) is 11.5. The van der Waals surface area contributed by atoms with Gasteiger partial charge in [-0.2, -0.15) is 0 Å². The van der Waals surface area contributed by atoms with E-state index in [0.717, 1.165) is 11.4 Å². The summed E-state index contributed by atoms with van der Waals surface area (Å²) >= 11 is 0. The summed E-state index contributed by atoms with van der Waals surface area (Å²) in [6, 6.07) is 0. The van der Waals surface area contributed by atoms with Gasteiger partial charge in [-0.05, 0) is 20.8 Å². The molecule has 0 aliphatic carbocycles. The average molecular weight is 195 g/mol. The van der Waals surface area contributed by atoms with Crippen LogP contribution in [-0.4, -0.2) is 27.7 Å². The van der Waals surface area contributed by atoms with Gasteiger partial charge in [-0.15, -0.1) is 0 Å². The molecule has 0 unspecified atom stereocenters. The van der Waals surface area contributed by atoms with Crippen LogP contribution in [0.5, 0.6) is 0 Å². The van der Waals surface area contributed by atoms with Crippen molar-refractivity contribution < 1.29 is 5.11 Å². The van der Waals surface area contributed by atoms with Gasteiger partial charge in [0.25, 0.3) is 0 Å². The lowest BCUT2D eigenvalue weighted by molar-refractivity contribution is 0.280. The average Bonchev–Trinajstić information content (AvgIpc) is 2.15. The lowest BCUT2D eigenvalue weighted by Crippen LogP contribution is -2.39. The quantitative estimate of drug-likeness (QED) is 0.770. The molecule has 1 heterocycles. The monoisotopic (exact) mass is 195 g/mol. The van der Waals surface area contributed by atoms with Crippen molar-refractivity contribution in [2.45, 2.75) is 32.9 Å². The third-order valence-electron chi connectivity index (χ3n) is 2.26. The van der Waals surface area contributed by atoms with E-state index in [0.29, 0.717) is 0 Å². The number of hydrogen-bond acceptors (Lipinski definition) is 4. The summed E-state index contributed by atoms with van der Waals surface area (Å²) in [7, 11) is 1.96. The zero-order chi connectivity index (χ0) is 10.8. The molecule has 0 fully saturated rings. The maximum atomic E-state index is 9.13. The minimum absolute atomic E-state index is 0.0156.